The number of ether oxygens (including phenoxy) is 2. The number of aryl methyl sites for hydroxylation is 3. The Bertz CT molecular complexity index is 1870. The molecule has 218 valence electrons. The molecule has 0 unspecified atom stereocenters. The van der Waals surface area contributed by atoms with Gasteiger partial charge < -0.3 is 14.0 Å². The Morgan fingerprint density at radius 3 is 2.33 bits per heavy atom. The smallest absolute Gasteiger partial charge is 0.338 e. The predicted octanol–water partition coefficient (Wildman–Crippen LogP) is 5.61. The van der Waals surface area contributed by atoms with Gasteiger partial charge in [-0.15, -0.1) is 0 Å². The van der Waals surface area contributed by atoms with Gasteiger partial charge in [-0.2, -0.15) is 0 Å². The van der Waals surface area contributed by atoms with E-state index in [0.717, 1.165) is 34.0 Å². The molecule has 2 aromatic heterocycles. The van der Waals surface area contributed by atoms with E-state index in [4.69, 9.17) is 14.5 Å². The second-order valence-electron chi connectivity index (χ2n) is 10.9. The number of para-hydroxylation sites is 1. The van der Waals surface area contributed by atoms with Crippen molar-refractivity contribution >= 4 is 23.4 Å². The Labute approximate surface area is 250 Å². The van der Waals surface area contributed by atoms with E-state index >= 15 is 0 Å². The molecule has 7 nitrogen and oxygen atoms in total. The molecule has 0 bridgehead atoms. The van der Waals surface area contributed by atoms with Gasteiger partial charge in [0.05, 0.1) is 40.2 Å². The number of carbonyl (C=O) groups excluding carboxylic acids is 1. The van der Waals surface area contributed by atoms with Gasteiger partial charge in [-0.3, -0.25) is 9.36 Å². The van der Waals surface area contributed by atoms with E-state index in [2.05, 4.69) is 56.5 Å². The van der Waals surface area contributed by atoms with Crippen molar-refractivity contribution in [3.05, 3.63) is 113 Å². The molecule has 2 aromatic carbocycles. The highest BCUT2D eigenvalue weighted by atomic mass is 32.1. The lowest BCUT2D eigenvalue weighted by molar-refractivity contribution is -0.143. The summed E-state index contributed by atoms with van der Waals surface area (Å²) >= 11 is 1.33. The Morgan fingerprint density at radius 1 is 1.05 bits per heavy atom. The monoisotopic (exact) mass is 583 g/mol. The van der Waals surface area contributed by atoms with Gasteiger partial charge in [0.15, 0.2) is 4.80 Å². The summed E-state index contributed by atoms with van der Waals surface area (Å²) in [7, 11) is 0. The lowest BCUT2D eigenvalue weighted by atomic mass is 9.96. The molecule has 42 heavy (non-hydrogen) atoms. The molecule has 0 saturated carbocycles. The molecule has 0 amide bonds. The summed E-state index contributed by atoms with van der Waals surface area (Å²) in [5.41, 5.74) is 8.13. The van der Waals surface area contributed by atoms with E-state index in [1.165, 1.54) is 22.5 Å². The number of aromatic nitrogens is 2. The van der Waals surface area contributed by atoms with Gasteiger partial charge in [-0.25, -0.2) is 9.79 Å². The van der Waals surface area contributed by atoms with Crippen molar-refractivity contribution in [2.24, 2.45) is 4.99 Å². The molecule has 0 radical (unpaired) electrons. The van der Waals surface area contributed by atoms with Crippen molar-refractivity contribution in [2.75, 3.05) is 6.61 Å². The first-order chi connectivity index (χ1) is 20.0. The van der Waals surface area contributed by atoms with Crippen molar-refractivity contribution in [1.29, 1.82) is 0 Å². The van der Waals surface area contributed by atoms with Crippen molar-refractivity contribution in [2.45, 2.75) is 67.5 Å². The van der Waals surface area contributed by atoms with E-state index < -0.39 is 12.0 Å². The summed E-state index contributed by atoms with van der Waals surface area (Å²) in [6, 6.07) is 15.2. The molecule has 4 aromatic rings. The van der Waals surface area contributed by atoms with Crippen LogP contribution in [0.3, 0.4) is 0 Å². The lowest BCUT2D eigenvalue weighted by Gasteiger charge is -2.25. The van der Waals surface area contributed by atoms with Gasteiger partial charge in [-0.05, 0) is 102 Å². The second kappa shape index (κ2) is 11.6. The first-order valence-corrected chi connectivity index (χ1v) is 15.0. The molecule has 1 aliphatic heterocycles. The number of benzene rings is 2. The average Bonchev–Trinajstić information content (AvgIpc) is 3.38. The van der Waals surface area contributed by atoms with Gasteiger partial charge in [0.25, 0.3) is 5.56 Å². The number of hydrogen-bond acceptors (Lipinski definition) is 6. The van der Waals surface area contributed by atoms with Crippen LogP contribution in [0.2, 0.25) is 0 Å². The number of rotatable bonds is 7. The van der Waals surface area contributed by atoms with Gasteiger partial charge >= 0.3 is 5.97 Å². The van der Waals surface area contributed by atoms with Crippen LogP contribution in [0.25, 0.3) is 11.8 Å². The Balaban J connectivity index is 1.69. The zero-order valence-corrected chi connectivity index (χ0v) is 26.3. The highest BCUT2D eigenvalue weighted by Gasteiger charge is 2.34. The third-order valence-corrected chi connectivity index (χ3v) is 8.49. The third-order valence-electron chi connectivity index (χ3n) is 7.51. The number of fused-ring (bicyclic) bond motifs is 1. The maximum absolute atomic E-state index is 14.1. The third kappa shape index (κ3) is 5.27. The van der Waals surface area contributed by atoms with Gasteiger partial charge in [0, 0.05) is 11.4 Å². The van der Waals surface area contributed by atoms with Gasteiger partial charge in [-0.1, -0.05) is 41.7 Å². The number of thiazole rings is 1. The largest absolute Gasteiger partial charge is 0.494 e. The molecule has 5 rings (SSSR count). The SMILES string of the molecule is CCOc1ccc([C@@H]2C(C(=O)OC(C)C)=C(C)N=c3s/c(=C/c4cc(C)n(-c5c(C)cccc5C)c4C)c(=O)n32)cc1. The van der Waals surface area contributed by atoms with Crippen LogP contribution in [0.1, 0.15) is 67.4 Å². The fourth-order valence-electron chi connectivity index (χ4n) is 5.67. The maximum atomic E-state index is 14.1. The van der Waals surface area contributed by atoms with Gasteiger partial charge in [0.1, 0.15) is 5.75 Å². The standard InChI is InChI=1S/C34H37N3O4S/c1-9-40-27-15-13-25(14-16-27)31-29(33(39)41-19(2)3)23(7)35-34-37(31)32(38)28(42-34)18-26-17-22(6)36(24(26)8)30-20(4)11-10-12-21(30)5/h10-19,31H,9H2,1-8H3/b28-18+/t31-/m1/s1. The van der Waals surface area contributed by atoms with Crippen LogP contribution in [-0.4, -0.2) is 27.8 Å². The lowest BCUT2D eigenvalue weighted by Crippen LogP contribution is -2.40. The maximum Gasteiger partial charge on any atom is 0.338 e. The van der Waals surface area contributed by atoms with E-state index in [-0.39, 0.29) is 11.7 Å². The average molecular weight is 584 g/mol. The molecule has 1 atom stereocenters. The minimum absolute atomic E-state index is 0.197. The normalized spacial score (nSPS) is 15.2. The molecule has 0 saturated heterocycles. The first kappa shape index (κ1) is 29.3. The topological polar surface area (TPSA) is 74.8 Å². The van der Waals surface area contributed by atoms with Crippen LogP contribution < -0.4 is 19.6 Å². The quantitative estimate of drug-likeness (QED) is 0.265. The number of nitrogens with zero attached hydrogens (tertiary/aromatic N) is 3. The van der Waals surface area contributed by atoms with Crippen molar-refractivity contribution in [1.82, 2.24) is 9.13 Å². The summed E-state index contributed by atoms with van der Waals surface area (Å²) < 4.78 is 15.7. The van der Waals surface area contributed by atoms with Crippen LogP contribution in [-0.2, 0) is 9.53 Å². The Morgan fingerprint density at radius 2 is 1.71 bits per heavy atom. The molecular weight excluding hydrogens is 546 g/mol. The molecule has 1 aliphatic rings. The highest BCUT2D eigenvalue weighted by molar-refractivity contribution is 7.07. The van der Waals surface area contributed by atoms with Crippen LogP contribution in [0.4, 0.5) is 0 Å². The minimum Gasteiger partial charge on any atom is -0.494 e. The van der Waals surface area contributed by atoms with Crippen LogP contribution >= 0.6 is 11.3 Å². The molecular formula is C34H37N3O4S. The number of esters is 1. The van der Waals surface area contributed by atoms with E-state index in [0.29, 0.717) is 27.2 Å². The van der Waals surface area contributed by atoms with Crippen molar-refractivity contribution in [3.8, 4) is 11.4 Å². The number of carbonyl (C=O) groups is 1. The minimum atomic E-state index is -0.674. The van der Waals surface area contributed by atoms with Gasteiger partial charge in [0.2, 0.25) is 0 Å². The highest BCUT2D eigenvalue weighted by Crippen LogP contribution is 2.32. The molecule has 8 heteroatoms. The molecule has 0 N–H and O–H groups in total. The molecule has 0 fully saturated rings. The fourth-order valence-corrected chi connectivity index (χ4v) is 6.70. The summed E-state index contributed by atoms with van der Waals surface area (Å²) in [6.45, 7) is 16.3. The number of allylic oxidation sites excluding steroid dienone is 1. The zero-order valence-electron chi connectivity index (χ0n) is 25.4. The summed E-state index contributed by atoms with van der Waals surface area (Å²) in [5.74, 6) is 0.247. The summed E-state index contributed by atoms with van der Waals surface area (Å²) in [5, 5.41) is 0. The van der Waals surface area contributed by atoms with Crippen LogP contribution in [0, 0.1) is 27.7 Å². The summed E-state index contributed by atoms with van der Waals surface area (Å²) in [4.78, 5) is 32.8. The molecule has 0 aliphatic carbocycles. The predicted molar refractivity (Wildman–Crippen MR) is 167 cm³/mol. The first-order valence-electron chi connectivity index (χ1n) is 14.2. The van der Waals surface area contributed by atoms with Crippen LogP contribution in [0.5, 0.6) is 5.75 Å². The Kier molecular flexibility index (Phi) is 8.10. The van der Waals surface area contributed by atoms with Crippen LogP contribution in [0.15, 0.2) is 69.6 Å². The Hall–Kier alpha value is -4.17. The van der Waals surface area contributed by atoms with E-state index in [1.807, 2.05) is 51.1 Å². The molecule has 3 heterocycles. The zero-order chi connectivity index (χ0) is 30.3. The summed E-state index contributed by atoms with van der Waals surface area (Å²) in [6.07, 6.45) is 1.63. The van der Waals surface area contributed by atoms with Crippen molar-refractivity contribution in [3.63, 3.8) is 0 Å². The van der Waals surface area contributed by atoms with E-state index in [1.54, 1.807) is 11.5 Å². The second-order valence-corrected chi connectivity index (χ2v) is 11.9. The van der Waals surface area contributed by atoms with E-state index in [9.17, 15) is 9.59 Å². The van der Waals surface area contributed by atoms with Crippen molar-refractivity contribution < 1.29 is 14.3 Å². The molecule has 0 spiro atoms. The fraction of sp³-hybridized carbons (Fsp3) is 0.324. The number of hydrogen-bond donors (Lipinski definition) is 0.